The van der Waals surface area contributed by atoms with Crippen LogP contribution in [0.3, 0.4) is 0 Å². The number of benzene rings is 3. The summed E-state index contributed by atoms with van der Waals surface area (Å²) in [5.41, 5.74) is 1.85. The zero-order valence-corrected chi connectivity index (χ0v) is 17.8. The number of aliphatic hydroxyl groups is 1. The number of methoxy groups -OCH3 is 1. The standard InChI is InChI=1S/C26H21NO6/c1-33-20-13-11-18(12-14-20)23(28)21-22(17-5-3-2-4-6-17)27(25(30)24(21)29)15-16-7-9-19(10-8-16)26(31)32/h2-14,22,28H,15H2,1H3,(H,31,32)/b23-21+. The van der Waals surface area contributed by atoms with Crippen LogP contribution >= 0.6 is 0 Å². The molecule has 3 aromatic carbocycles. The van der Waals surface area contributed by atoms with Crippen molar-refractivity contribution in [3.05, 3.63) is 107 Å². The van der Waals surface area contributed by atoms with Gasteiger partial charge in [0.1, 0.15) is 11.5 Å². The van der Waals surface area contributed by atoms with Crippen molar-refractivity contribution in [1.29, 1.82) is 0 Å². The SMILES string of the molecule is COc1ccc(/C(O)=C2\C(=O)C(=O)N(Cc3ccc(C(=O)O)cc3)C2c2ccccc2)cc1. The molecule has 1 atom stereocenters. The molecule has 1 aliphatic rings. The lowest BCUT2D eigenvalue weighted by Crippen LogP contribution is -2.29. The minimum atomic E-state index is -1.05. The van der Waals surface area contributed by atoms with Gasteiger partial charge in [0, 0.05) is 12.1 Å². The van der Waals surface area contributed by atoms with Crippen LogP contribution in [-0.2, 0) is 16.1 Å². The number of aliphatic hydroxyl groups excluding tert-OH is 1. The molecule has 0 bridgehead atoms. The maximum absolute atomic E-state index is 13.1. The molecular formula is C26H21NO6. The average molecular weight is 443 g/mol. The second-order valence-electron chi connectivity index (χ2n) is 7.57. The Morgan fingerprint density at radius 2 is 1.48 bits per heavy atom. The molecule has 2 N–H and O–H groups in total. The van der Waals surface area contributed by atoms with Crippen LogP contribution in [0.2, 0.25) is 0 Å². The van der Waals surface area contributed by atoms with E-state index >= 15 is 0 Å². The maximum Gasteiger partial charge on any atom is 0.335 e. The van der Waals surface area contributed by atoms with Gasteiger partial charge in [-0.1, -0.05) is 42.5 Å². The third-order valence-electron chi connectivity index (χ3n) is 5.57. The number of nitrogens with zero attached hydrogens (tertiary/aromatic N) is 1. The molecule has 1 saturated heterocycles. The highest BCUT2D eigenvalue weighted by atomic mass is 16.5. The molecule has 1 fully saturated rings. The lowest BCUT2D eigenvalue weighted by Gasteiger charge is -2.25. The Morgan fingerprint density at radius 3 is 2.06 bits per heavy atom. The predicted molar refractivity (Wildman–Crippen MR) is 121 cm³/mol. The molecule has 1 unspecified atom stereocenters. The normalized spacial score (nSPS) is 17.2. The van der Waals surface area contributed by atoms with Gasteiger partial charge in [0.15, 0.2) is 0 Å². The van der Waals surface area contributed by atoms with Crippen molar-refractivity contribution < 1.29 is 29.3 Å². The highest BCUT2D eigenvalue weighted by Gasteiger charge is 2.46. The molecule has 1 amide bonds. The molecule has 4 rings (SSSR count). The van der Waals surface area contributed by atoms with E-state index < -0.39 is 23.7 Å². The van der Waals surface area contributed by atoms with E-state index in [1.54, 1.807) is 60.7 Å². The first kappa shape index (κ1) is 21.8. The number of Topliss-reactive ketones (excluding diaryl/α,β-unsaturated/α-hetero) is 1. The van der Waals surface area contributed by atoms with Crippen LogP contribution < -0.4 is 4.74 Å². The fourth-order valence-electron chi connectivity index (χ4n) is 3.88. The van der Waals surface area contributed by atoms with E-state index in [0.29, 0.717) is 22.4 Å². The van der Waals surface area contributed by atoms with Gasteiger partial charge in [-0.25, -0.2) is 4.79 Å². The van der Waals surface area contributed by atoms with Gasteiger partial charge >= 0.3 is 5.97 Å². The molecule has 0 saturated carbocycles. The first-order valence-electron chi connectivity index (χ1n) is 10.2. The zero-order chi connectivity index (χ0) is 23.5. The Bertz CT molecular complexity index is 1230. The highest BCUT2D eigenvalue weighted by molar-refractivity contribution is 6.46. The van der Waals surface area contributed by atoms with Gasteiger partial charge in [-0.3, -0.25) is 9.59 Å². The zero-order valence-electron chi connectivity index (χ0n) is 17.8. The third-order valence-corrected chi connectivity index (χ3v) is 5.57. The maximum atomic E-state index is 13.1. The minimum Gasteiger partial charge on any atom is -0.507 e. The van der Waals surface area contributed by atoms with Crippen molar-refractivity contribution in [3.63, 3.8) is 0 Å². The van der Waals surface area contributed by atoms with Crippen LogP contribution in [0, 0.1) is 0 Å². The third kappa shape index (κ3) is 4.21. The number of likely N-dealkylation sites (tertiary alicyclic amines) is 1. The van der Waals surface area contributed by atoms with E-state index in [1.165, 1.54) is 24.1 Å². The summed E-state index contributed by atoms with van der Waals surface area (Å²) in [6.45, 7) is 0.0728. The summed E-state index contributed by atoms with van der Waals surface area (Å²) in [5, 5.41) is 20.2. The molecule has 3 aromatic rings. The number of carbonyl (C=O) groups excluding carboxylic acids is 2. The van der Waals surface area contributed by atoms with Crippen LogP contribution in [-0.4, -0.2) is 39.9 Å². The van der Waals surface area contributed by atoms with Gasteiger partial charge in [0.2, 0.25) is 0 Å². The quantitative estimate of drug-likeness (QED) is 0.339. The summed E-state index contributed by atoms with van der Waals surface area (Å²) in [5.74, 6) is -2.24. The predicted octanol–water partition coefficient (Wildman–Crippen LogP) is 4.02. The van der Waals surface area contributed by atoms with Gasteiger partial charge in [-0.15, -0.1) is 0 Å². The Hall–Kier alpha value is -4.39. The second kappa shape index (κ2) is 9.00. The number of carboxylic acid groups (broad SMARTS) is 1. The van der Waals surface area contributed by atoms with Gasteiger partial charge in [-0.2, -0.15) is 0 Å². The number of rotatable bonds is 6. The molecule has 1 aliphatic heterocycles. The van der Waals surface area contributed by atoms with Crippen molar-refractivity contribution in [2.75, 3.05) is 7.11 Å². The summed E-state index contributed by atoms with van der Waals surface area (Å²) < 4.78 is 5.15. The Morgan fingerprint density at radius 1 is 0.879 bits per heavy atom. The van der Waals surface area contributed by atoms with E-state index in [0.717, 1.165) is 0 Å². The first-order chi connectivity index (χ1) is 15.9. The van der Waals surface area contributed by atoms with Gasteiger partial charge in [0.05, 0.1) is 24.3 Å². The Labute approximate surface area is 190 Å². The van der Waals surface area contributed by atoms with Gasteiger partial charge in [0.25, 0.3) is 11.7 Å². The molecule has 7 heteroatoms. The lowest BCUT2D eigenvalue weighted by molar-refractivity contribution is -0.140. The van der Waals surface area contributed by atoms with Gasteiger partial charge < -0.3 is 19.8 Å². The van der Waals surface area contributed by atoms with E-state index in [2.05, 4.69) is 0 Å². The Kier molecular flexibility index (Phi) is 5.95. The molecule has 166 valence electrons. The fraction of sp³-hybridized carbons (Fsp3) is 0.115. The smallest absolute Gasteiger partial charge is 0.335 e. The molecular weight excluding hydrogens is 422 g/mol. The molecule has 1 heterocycles. The molecule has 0 spiro atoms. The molecule has 0 aromatic heterocycles. The summed E-state index contributed by atoms with van der Waals surface area (Å²) in [4.78, 5) is 38.6. The van der Waals surface area contributed by atoms with E-state index in [-0.39, 0.29) is 23.4 Å². The first-order valence-corrected chi connectivity index (χ1v) is 10.2. The van der Waals surface area contributed by atoms with Crippen molar-refractivity contribution in [3.8, 4) is 5.75 Å². The monoisotopic (exact) mass is 443 g/mol. The van der Waals surface area contributed by atoms with Crippen molar-refractivity contribution in [1.82, 2.24) is 4.90 Å². The minimum absolute atomic E-state index is 0.00137. The fourth-order valence-corrected chi connectivity index (χ4v) is 3.88. The van der Waals surface area contributed by atoms with E-state index in [4.69, 9.17) is 9.84 Å². The molecule has 0 aliphatic carbocycles. The topological polar surface area (TPSA) is 104 Å². The van der Waals surface area contributed by atoms with Crippen LogP contribution in [0.4, 0.5) is 0 Å². The molecule has 33 heavy (non-hydrogen) atoms. The van der Waals surface area contributed by atoms with Crippen LogP contribution in [0.1, 0.15) is 33.1 Å². The van der Waals surface area contributed by atoms with E-state index in [9.17, 15) is 19.5 Å². The summed E-state index contributed by atoms with van der Waals surface area (Å²) in [6, 6.07) is 20.9. The van der Waals surface area contributed by atoms with Crippen molar-refractivity contribution in [2.45, 2.75) is 12.6 Å². The van der Waals surface area contributed by atoms with Gasteiger partial charge in [-0.05, 0) is 47.5 Å². The summed E-state index contributed by atoms with van der Waals surface area (Å²) >= 11 is 0. The molecule has 7 nitrogen and oxygen atoms in total. The van der Waals surface area contributed by atoms with Crippen LogP contribution in [0.25, 0.3) is 5.76 Å². The number of aromatic carboxylic acids is 1. The lowest BCUT2D eigenvalue weighted by atomic mass is 9.95. The number of hydrogen-bond acceptors (Lipinski definition) is 5. The number of hydrogen-bond donors (Lipinski definition) is 2. The van der Waals surface area contributed by atoms with Crippen molar-refractivity contribution in [2.24, 2.45) is 0 Å². The van der Waals surface area contributed by atoms with E-state index in [1.807, 2.05) is 6.07 Å². The van der Waals surface area contributed by atoms with Crippen LogP contribution in [0.5, 0.6) is 5.75 Å². The number of carboxylic acids is 1. The number of amides is 1. The largest absolute Gasteiger partial charge is 0.507 e. The van der Waals surface area contributed by atoms with Crippen LogP contribution in [0.15, 0.2) is 84.4 Å². The average Bonchev–Trinajstić information content (AvgIpc) is 3.09. The highest BCUT2D eigenvalue weighted by Crippen LogP contribution is 2.40. The second-order valence-corrected chi connectivity index (χ2v) is 7.57. The summed E-state index contributed by atoms with van der Waals surface area (Å²) in [7, 11) is 1.53. The van der Waals surface area contributed by atoms with Crippen molar-refractivity contribution >= 4 is 23.4 Å². The molecule has 0 radical (unpaired) electrons. The number of ether oxygens (including phenoxy) is 1. The Balaban J connectivity index is 1.78. The summed E-state index contributed by atoms with van der Waals surface area (Å²) in [6.07, 6.45) is 0. The number of ketones is 1. The number of carbonyl (C=O) groups is 3.